The number of anilines is 1. The topological polar surface area (TPSA) is 118 Å². The van der Waals surface area contributed by atoms with Gasteiger partial charge in [-0.2, -0.15) is 0 Å². The predicted molar refractivity (Wildman–Crippen MR) is 107 cm³/mol. The third-order valence-corrected chi connectivity index (χ3v) is 5.07. The molecule has 2 aliphatic rings. The van der Waals surface area contributed by atoms with Gasteiger partial charge in [0.1, 0.15) is 12.3 Å². The molecule has 0 radical (unpaired) electrons. The lowest BCUT2D eigenvalue weighted by Gasteiger charge is -2.33. The van der Waals surface area contributed by atoms with Gasteiger partial charge < -0.3 is 10.1 Å². The second kappa shape index (κ2) is 8.18. The second-order valence-electron chi connectivity index (χ2n) is 7.29. The maximum absolute atomic E-state index is 12.6. The van der Waals surface area contributed by atoms with Crippen LogP contribution in [-0.2, 0) is 16.1 Å². The summed E-state index contributed by atoms with van der Waals surface area (Å²) in [7, 11) is 0. The number of hydrogen-bond donors (Lipinski definition) is 3. The predicted octanol–water partition coefficient (Wildman–Crippen LogP) is -0.167. The summed E-state index contributed by atoms with van der Waals surface area (Å²) in [5.41, 5.74) is 3.16. The zero-order valence-corrected chi connectivity index (χ0v) is 16.2. The van der Waals surface area contributed by atoms with E-state index in [4.69, 9.17) is 4.74 Å². The van der Waals surface area contributed by atoms with Crippen LogP contribution < -0.4 is 26.4 Å². The number of fused-ring (bicyclic) bond motifs is 2. The fraction of sp³-hybridized carbons (Fsp3) is 0.474. The molecular formula is C19H24N6O4. The average Bonchev–Trinajstić information content (AvgIpc) is 3.08. The van der Waals surface area contributed by atoms with E-state index in [1.54, 1.807) is 18.2 Å². The molecule has 2 aromatic rings. The molecule has 29 heavy (non-hydrogen) atoms. The van der Waals surface area contributed by atoms with E-state index in [0.29, 0.717) is 36.1 Å². The first-order chi connectivity index (χ1) is 14.0. The normalized spacial score (nSPS) is 19.1. The van der Waals surface area contributed by atoms with Crippen molar-refractivity contribution in [1.29, 1.82) is 0 Å². The molecule has 154 valence electrons. The van der Waals surface area contributed by atoms with Gasteiger partial charge in [-0.1, -0.05) is 0 Å². The minimum atomic E-state index is -0.279. The van der Waals surface area contributed by atoms with Crippen molar-refractivity contribution in [3.8, 4) is 5.75 Å². The number of hydrogen-bond acceptors (Lipinski definition) is 7. The SMILES string of the molecule is CC1CNCCN1NC(=O)CCCOc1ccc2nc3n(c(=O)c2c1)CC(=O)N3. The van der Waals surface area contributed by atoms with Crippen LogP contribution in [0.25, 0.3) is 10.9 Å². The summed E-state index contributed by atoms with van der Waals surface area (Å²) in [6.45, 7) is 4.90. The highest BCUT2D eigenvalue weighted by Crippen LogP contribution is 2.20. The average molecular weight is 400 g/mol. The summed E-state index contributed by atoms with van der Waals surface area (Å²) >= 11 is 0. The first-order valence-electron chi connectivity index (χ1n) is 9.75. The number of benzene rings is 1. The van der Waals surface area contributed by atoms with Crippen molar-refractivity contribution < 1.29 is 14.3 Å². The molecule has 4 rings (SSSR count). The Labute approximate surface area is 167 Å². The first kappa shape index (κ1) is 19.3. The van der Waals surface area contributed by atoms with Crippen LogP contribution in [0.1, 0.15) is 19.8 Å². The lowest BCUT2D eigenvalue weighted by molar-refractivity contribution is -0.127. The highest BCUT2D eigenvalue weighted by molar-refractivity contribution is 5.94. The third kappa shape index (κ3) is 4.22. The van der Waals surface area contributed by atoms with Crippen LogP contribution >= 0.6 is 0 Å². The highest BCUT2D eigenvalue weighted by Gasteiger charge is 2.22. The fourth-order valence-corrected chi connectivity index (χ4v) is 3.49. The van der Waals surface area contributed by atoms with Crippen LogP contribution in [0.4, 0.5) is 5.95 Å². The van der Waals surface area contributed by atoms with Gasteiger partial charge in [0.25, 0.3) is 5.56 Å². The molecule has 0 saturated carbocycles. The van der Waals surface area contributed by atoms with Crippen molar-refractivity contribution >= 4 is 28.7 Å². The first-order valence-corrected chi connectivity index (χ1v) is 9.75. The Balaban J connectivity index is 1.31. The molecule has 2 amide bonds. The summed E-state index contributed by atoms with van der Waals surface area (Å²) < 4.78 is 7.02. The molecular weight excluding hydrogens is 376 g/mol. The smallest absolute Gasteiger partial charge is 0.263 e. The minimum absolute atomic E-state index is 0.0248. The maximum Gasteiger partial charge on any atom is 0.263 e. The van der Waals surface area contributed by atoms with E-state index < -0.39 is 0 Å². The summed E-state index contributed by atoms with van der Waals surface area (Å²) in [6.07, 6.45) is 0.917. The quantitative estimate of drug-likeness (QED) is 0.577. The molecule has 1 fully saturated rings. The van der Waals surface area contributed by atoms with Crippen molar-refractivity contribution in [2.24, 2.45) is 0 Å². The van der Waals surface area contributed by atoms with Crippen LogP contribution in [0.15, 0.2) is 23.0 Å². The zero-order chi connectivity index (χ0) is 20.4. The Bertz CT molecular complexity index is 1000. The number of piperazine rings is 1. The van der Waals surface area contributed by atoms with Crippen molar-refractivity contribution in [2.75, 3.05) is 31.6 Å². The maximum atomic E-state index is 12.6. The summed E-state index contributed by atoms with van der Waals surface area (Å²) in [5.74, 6) is 0.516. The number of hydrazine groups is 1. The molecule has 1 aromatic heterocycles. The molecule has 10 nitrogen and oxygen atoms in total. The third-order valence-electron chi connectivity index (χ3n) is 5.07. The number of amides is 2. The number of ether oxygens (including phenoxy) is 1. The number of aromatic nitrogens is 2. The molecule has 0 bridgehead atoms. The Morgan fingerprint density at radius 1 is 1.38 bits per heavy atom. The van der Waals surface area contributed by atoms with Crippen molar-refractivity contribution in [2.45, 2.75) is 32.4 Å². The van der Waals surface area contributed by atoms with E-state index in [9.17, 15) is 14.4 Å². The van der Waals surface area contributed by atoms with Crippen LogP contribution in [0.2, 0.25) is 0 Å². The standard InChI is InChI=1S/C19H24N6O4/c1-12-10-20-6-7-25(12)23-16(26)3-2-8-29-13-4-5-15-14(9-13)18(28)24-11-17(27)22-19(24)21-15/h4-5,9,12,20H,2-3,6-8,10-11H2,1H3,(H,23,26)(H,21,22,27). The summed E-state index contributed by atoms with van der Waals surface area (Å²) in [5, 5.41) is 8.20. The van der Waals surface area contributed by atoms with Gasteiger partial charge in [0.15, 0.2) is 0 Å². The summed E-state index contributed by atoms with van der Waals surface area (Å²) in [4.78, 5) is 40.5. The lowest BCUT2D eigenvalue weighted by Crippen LogP contribution is -2.57. The molecule has 1 atom stereocenters. The van der Waals surface area contributed by atoms with Gasteiger partial charge in [0.05, 0.1) is 17.5 Å². The largest absolute Gasteiger partial charge is 0.494 e. The molecule has 0 spiro atoms. The van der Waals surface area contributed by atoms with Crippen LogP contribution in [-0.4, -0.2) is 58.7 Å². The van der Waals surface area contributed by atoms with Crippen LogP contribution in [0.5, 0.6) is 5.75 Å². The molecule has 1 unspecified atom stereocenters. The lowest BCUT2D eigenvalue weighted by atomic mass is 10.2. The van der Waals surface area contributed by atoms with E-state index in [-0.39, 0.29) is 35.9 Å². The molecule has 3 heterocycles. The Morgan fingerprint density at radius 2 is 2.24 bits per heavy atom. The van der Waals surface area contributed by atoms with E-state index >= 15 is 0 Å². The van der Waals surface area contributed by atoms with Crippen molar-refractivity contribution in [1.82, 2.24) is 25.3 Å². The highest BCUT2D eigenvalue weighted by atomic mass is 16.5. The second-order valence-corrected chi connectivity index (χ2v) is 7.29. The number of nitrogens with one attached hydrogen (secondary N) is 3. The van der Waals surface area contributed by atoms with Crippen LogP contribution in [0, 0.1) is 0 Å². The van der Waals surface area contributed by atoms with Gasteiger partial charge in [-0.3, -0.25) is 29.7 Å². The Morgan fingerprint density at radius 3 is 3.07 bits per heavy atom. The minimum Gasteiger partial charge on any atom is -0.494 e. The van der Waals surface area contributed by atoms with Crippen molar-refractivity contribution in [3.63, 3.8) is 0 Å². The zero-order valence-electron chi connectivity index (χ0n) is 16.2. The number of rotatable bonds is 6. The van der Waals surface area contributed by atoms with Gasteiger partial charge in [-0.05, 0) is 31.5 Å². The molecule has 2 aliphatic heterocycles. The van der Waals surface area contributed by atoms with Gasteiger partial charge in [0, 0.05) is 32.1 Å². The number of nitrogens with zero attached hydrogens (tertiary/aromatic N) is 3. The summed E-state index contributed by atoms with van der Waals surface area (Å²) in [6, 6.07) is 5.31. The Hall–Kier alpha value is -2.98. The van der Waals surface area contributed by atoms with Gasteiger partial charge in [-0.15, -0.1) is 0 Å². The molecule has 10 heteroatoms. The molecule has 0 aliphatic carbocycles. The number of carbonyl (C=O) groups is 2. The molecule has 3 N–H and O–H groups in total. The number of carbonyl (C=O) groups excluding carboxylic acids is 2. The van der Waals surface area contributed by atoms with E-state index in [2.05, 4.69) is 28.0 Å². The monoisotopic (exact) mass is 400 g/mol. The fourth-order valence-electron chi connectivity index (χ4n) is 3.49. The Kier molecular flexibility index (Phi) is 5.45. The van der Waals surface area contributed by atoms with Gasteiger partial charge >= 0.3 is 0 Å². The van der Waals surface area contributed by atoms with Gasteiger partial charge in [-0.25, -0.2) is 9.99 Å². The van der Waals surface area contributed by atoms with E-state index in [1.165, 1.54) is 4.57 Å². The van der Waals surface area contributed by atoms with E-state index in [0.717, 1.165) is 19.6 Å². The van der Waals surface area contributed by atoms with E-state index in [1.807, 2.05) is 5.01 Å². The van der Waals surface area contributed by atoms with Crippen LogP contribution in [0.3, 0.4) is 0 Å². The van der Waals surface area contributed by atoms with Gasteiger partial charge in [0.2, 0.25) is 17.8 Å². The molecule has 1 saturated heterocycles. The molecule has 1 aromatic carbocycles. The van der Waals surface area contributed by atoms with Crippen molar-refractivity contribution in [3.05, 3.63) is 28.6 Å².